The van der Waals surface area contributed by atoms with Gasteiger partial charge in [-0.25, -0.2) is 9.59 Å². The Morgan fingerprint density at radius 3 is 2.29 bits per heavy atom. The number of nitrogens with zero attached hydrogens (tertiary/aromatic N) is 1. The van der Waals surface area contributed by atoms with Crippen molar-refractivity contribution >= 4 is 29.5 Å². The van der Waals surface area contributed by atoms with Crippen molar-refractivity contribution in [3.8, 4) is 11.1 Å². The van der Waals surface area contributed by atoms with Crippen molar-refractivity contribution in [2.45, 2.75) is 77.0 Å². The third kappa shape index (κ3) is 9.53. The maximum absolute atomic E-state index is 13.2. The summed E-state index contributed by atoms with van der Waals surface area (Å²) < 4.78 is 11.2. The molecule has 1 atom stereocenters. The van der Waals surface area contributed by atoms with E-state index in [4.69, 9.17) is 9.47 Å². The van der Waals surface area contributed by atoms with Gasteiger partial charge in [-0.05, 0) is 86.8 Å². The van der Waals surface area contributed by atoms with Crippen LogP contribution in [0.5, 0.6) is 0 Å². The quantitative estimate of drug-likeness (QED) is 0.139. The average molecular weight is 618 g/mol. The number of benzene rings is 3. The Morgan fingerprint density at radius 1 is 1.00 bits per heavy atom. The fourth-order valence-corrected chi connectivity index (χ4v) is 5.47. The Hall–Kier alpha value is -4.93. The molecule has 238 valence electrons. The number of hydrogen-bond acceptors (Lipinski definition) is 7. The van der Waals surface area contributed by atoms with E-state index in [1.54, 1.807) is 12.1 Å². The monoisotopic (exact) mass is 617 g/mol. The highest BCUT2D eigenvalue weighted by atomic mass is 16.6. The van der Waals surface area contributed by atoms with Crippen LogP contribution in [0.1, 0.15) is 63.5 Å². The number of alkyl carbamates (subject to hydrolysis) is 1. The zero-order valence-corrected chi connectivity index (χ0v) is 25.5. The lowest BCUT2D eigenvalue weighted by Gasteiger charge is -2.36. The molecular formula is C34H39N3O8. The smallest absolute Gasteiger partial charge is 0.412 e. The average Bonchev–Trinajstić information content (AvgIpc) is 3.02. The molecule has 0 saturated heterocycles. The molecule has 4 rings (SSSR count). The highest BCUT2D eigenvalue weighted by molar-refractivity contribution is 5.92. The van der Waals surface area contributed by atoms with Gasteiger partial charge < -0.3 is 19.9 Å². The molecule has 1 unspecified atom stereocenters. The van der Waals surface area contributed by atoms with E-state index in [-0.39, 0.29) is 18.3 Å². The number of carboxylic acids is 1. The van der Waals surface area contributed by atoms with E-state index < -0.39 is 34.6 Å². The summed E-state index contributed by atoms with van der Waals surface area (Å²) in [4.78, 5) is 47.3. The van der Waals surface area contributed by atoms with E-state index in [1.165, 1.54) is 12.1 Å². The molecule has 0 bridgehead atoms. The van der Waals surface area contributed by atoms with Gasteiger partial charge in [-0.15, -0.1) is 0 Å². The molecule has 1 saturated carbocycles. The highest BCUT2D eigenvalue weighted by Crippen LogP contribution is 2.34. The van der Waals surface area contributed by atoms with Gasteiger partial charge in [0, 0.05) is 23.7 Å². The third-order valence-electron chi connectivity index (χ3n) is 8.25. The zero-order chi connectivity index (χ0) is 32.4. The molecule has 0 spiro atoms. The molecule has 1 aliphatic rings. The number of carboxylic acid groups (broad SMARTS) is 1. The van der Waals surface area contributed by atoms with Crippen LogP contribution in [0.15, 0.2) is 72.8 Å². The Morgan fingerprint density at radius 2 is 1.67 bits per heavy atom. The molecule has 11 nitrogen and oxygen atoms in total. The molecular weight excluding hydrogens is 578 g/mol. The number of nitrogens with one attached hydrogen (secondary N) is 2. The van der Waals surface area contributed by atoms with Crippen molar-refractivity contribution in [2.75, 3.05) is 5.32 Å². The molecule has 3 N–H and O–H groups in total. The number of ether oxygens (including phenoxy) is 2. The number of aliphatic carboxylic acids is 1. The number of aryl methyl sites for hydroxylation is 1. The Bertz CT molecular complexity index is 1490. The molecule has 45 heavy (non-hydrogen) atoms. The number of anilines is 1. The van der Waals surface area contributed by atoms with Crippen LogP contribution in [-0.4, -0.2) is 39.8 Å². The van der Waals surface area contributed by atoms with Crippen LogP contribution in [-0.2, 0) is 27.3 Å². The summed E-state index contributed by atoms with van der Waals surface area (Å²) in [7, 11) is 0. The minimum atomic E-state index is -0.808. The van der Waals surface area contributed by atoms with E-state index in [0.717, 1.165) is 16.7 Å². The molecule has 0 heterocycles. The van der Waals surface area contributed by atoms with Gasteiger partial charge >= 0.3 is 18.2 Å². The van der Waals surface area contributed by atoms with Gasteiger partial charge in [0.2, 0.25) is 0 Å². The van der Waals surface area contributed by atoms with Gasteiger partial charge in [0.15, 0.2) is 0 Å². The second-order valence-corrected chi connectivity index (χ2v) is 11.6. The van der Waals surface area contributed by atoms with Crippen LogP contribution in [0.4, 0.5) is 21.0 Å². The highest BCUT2D eigenvalue weighted by Gasteiger charge is 2.35. The minimum Gasteiger partial charge on any atom is -0.481 e. The van der Waals surface area contributed by atoms with E-state index in [1.807, 2.05) is 62.4 Å². The molecule has 0 aromatic heterocycles. The van der Waals surface area contributed by atoms with Crippen LogP contribution in [0.25, 0.3) is 11.1 Å². The van der Waals surface area contributed by atoms with Gasteiger partial charge in [-0.3, -0.25) is 20.2 Å². The lowest BCUT2D eigenvalue weighted by atomic mass is 9.83. The number of amides is 2. The number of carbonyl (C=O) groups is 3. The zero-order valence-electron chi connectivity index (χ0n) is 25.5. The first-order chi connectivity index (χ1) is 21.5. The first-order valence-corrected chi connectivity index (χ1v) is 15.1. The number of carbonyl (C=O) groups excluding carboxylic acids is 2. The summed E-state index contributed by atoms with van der Waals surface area (Å²) in [5, 5.41) is 26.0. The molecule has 1 fully saturated rings. The Labute approximate surface area is 262 Å². The summed E-state index contributed by atoms with van der Waals surface area (Å²) in [5.74, 6) is -1.24. The topological polar surface area (TPSA) is 157 Å². The van der Waals surface area contributed by atoms with E-state index >= 15 is 0 Å². The number of nitro benzene ring substituents is 1. The third-order valence-corrected chi connectivity index (χ3v) is 8.25. The number of non-ortho nitro benzene ring substituents is 1. The molecule has 3 aromatic carbocycles. The lowest BCUT2D eigenvalue weighted by molar-refractivity contribution is -0.384. The fourth-order valence-electron chi connectivity index (χ4n) is 5.47. The fraction of sp³-hybridized carbons (Fsp3) is 0.382. The first kappa shape index (κ1) is 33.0. The van der Waals surface area contributed by atoms with Crippen molar-refractivity contribution in [3.63, 3.8) is 0 Å². The Kier molecular flexibility index (Phi) is 11.1. The van der Waals surface area contributed by atoms with E-state index in [2.05, 4.69) is 10.6 Å². The number of nitro groups is 1. The molecule has 2 amide bonds. The van der Waals surface area contributed by atoms with Crippen molar-refractivity contribution in [2.24, 2.45) is 5.92 Å². The maximum Gasteiger partial charge on any atom is 0.412 e. The first-order valence-electron chi connectivity index (χ1n) is 15.1. The largest absolute Gasteiger partial charge is 0.481 e. The van der Waals surface area contributed by atoms with Gasteiger partial charge in [-0.2, -0.15) is 0 Å². The predicted molar refractivity (Wildman–Crippen MR) is 169 cm³/mol. The van der Waals surface area contributed by atoms with Crippen molar-refractivity contribution in [3.05, 3.63) is 94.0 Å². The number of rotatable bonds is 12. The van der Waals surface area contributed by atoms with Crippen molar-refractivity contribution < 1.29 is 33.9 Å². The van der Waals surface area contributed by atoms with Crippen LogP contribution in [0.3, 0.4) is 0 Å². The molecule has 1 aliphatic carbocycles. The summed E-state index contributed by atoms with van der Waals surface area (Å²) in [5.41, 5.74) is 3.13. The number of hydrogen-bond donors (Lipinski definition) is 3. The molecule has 11 heteroatoms. The van der Waals surface area contributed by atoms with Crippen molar-refractivity contribution in [1.29, 1.82) is 0 Å². The molecule has 0 aliphatic heterocycles. The SMILES string of the molecule is CCC(CCc1ccc(-c2ccccc2)c(NC(=O)O[C@]2(C)CC[C@@H](NC(=O)OCc3ccc([N+](=O)[O-])cc3)CC2)c1)C(=O)O. The van der Waals surface area contributed by atoms with Crippen molar-refractivity contribution in [1.82, 2.24) is 5.32 Å². The van der Waals surface area contributed by atoms with Crippen LogP contribution in [0, 0.1) is 16.0 Å². The van der Waals surface area contributed by atoms with Crippen LogP contribution < -0.4 is 10.6 Å². The van der Waals surface area contributed by atoms with E-state index in [9.17, 15) is 29.6 Å². The standard InChI is InChI=1S/C34H39N3O8/c1-3-25(31(38)39)13-9-23-12-16-29(26-7-5-4-6-8-26)30(21-23)36-33(41)45-34(2)19-17-27(18-20-34)35-32(40)44-22-24-10-14-28(15-11-24)37(42)43/h4-8,10-12,14-16,21,25,27H,3,9,13,17-20,22H2,1-2H3,(H,35,40)(H,36,41)(H,38,39)/t25?,27-,34-. The van der Waals surface area contributed by atoms with Crippen LogP contribution in [0.2, 0.25) is 0 Å². The second kappa shape index (κ2) is 15.2. The van der Waals surface area contributed by atoms with Gasteiger partial charge in [0.05, 0.1) is 16.5 Å². The van der Waals surface area contributed by atoms with Crippen LogP contribution >= 0.6 is 0 Å². The lowest BCUT2D eigenvalue weighted by Crippen LogP contribution is -2.44. The normalized spacial score (nSPS) is 18.3. The molecule has 0 radical (unpaired) electrons. The second-order valence-electron chi connectivity index (χ2n) is 11.6. The summed E-state index contributed by atoms with van der Waals surface area (Å²) in [6.07, 6.45) is 2.68. The predicted octanol–water partition coefficient (Wildman–Crippen LogP) is 7.48. The van der Waals surface area contributed by atoms with Gasteiger partial charge in [0.1, 0.15) is 12.2 Å². The summed E-state index contributed by atoms with van der Waals surface area (Å²) in [6, 6.07) is 21.1. The maximum atomic E-state index is 13.2. The summed E-state index contributed by atoms with van der Waals surface area (Å²) in [6.45, 7) is 3.73. The summed E-state index contributed by atoms with van der Waals surface area (Å²) >= 11 is 0. The minimum absolute atomic E-state index is 0.0114. The Balaban J connectivity index is 1.31. The van der Waals surface area contributed by atoms with Gasteiger partial charge in [-0.1, -0.05) is 49.4 Å². The van der Waals surface area contributed by atoms with E-state index in [0.29, 0.717) is 56.2 Å². The van der Waals surface area contributed by atoms with Gasteiger partial charge in [0.25, 0.3) is 5.69 Å². The molecule has 3 aromatic rings.